The van der Waals surface area contributed by atoms with Crippen LogP contribution in [0, 0.1) is 3.57 Å². The number of amides is 1. The largest absolute Gasteiger partial charge is 0.349 e. The normalized spacial score (nSPS) is 17.5. The number of halogens is 1. The van der Waals surface area contributed by atoms with Crippen molar-refractivity contribution >= 4 is 28.5 Å². The Hall–Kier alpha value is -0.580. The van der Waals surface area contributed by atoms with Gasteiger partial charge in [-0.1, -0.05) is 37.8 Å². The van der Waals surface area contributed by atoms with Gasteiger partial charge in [-0.15, -0.1) is 0 Å². The fourth-order valence-corrected chi connectivity index (χ4v) is 2.96. The number of benzene rings is 1. The zero-order valence-corrected chi connectivity index (χ0v) is 12.1. The number of hydrogen-bond donors (Lipinski definition) is 1. The minimum absolute atomic E-state index is 0.0851. The van der Waals surface area contributed by atoms with Gasteiger partial charge in [0.15, 0.2) is 0 Å². The van der Waals surface area contributed by atoms with Crippen LogP contribution in [0.2, 0.25) is 0 Å². The molecule has 1 fully saturated rings. The maximum absolute atomic E-state index is 12.1. The fraction of sp³-hybridized carbons (Fsp3) is 0.500. The molecule has 2 nitrogen and oxygen atoms in total. The van der Waals surface area contributed by atoms with E-state index in [1.807, 2.05) is 24.3 Å². The Bertz CT molecular complexity index is 384. The van der Waals surface area contributed by atoms with Crippen molar-refractivity contribution in [3.05, 3.63) is 33.4 Å². The maximum atomic E-state index is 12.1. The third-order valence-corrected chi connectivity index (χ3v) is 4.25. The topological polar surface area (TPSA) is 29.1 Å². The predicted octanol–water partition coefficient (Wildman–Crippen LogP) is 3.74. The minimum atomic E-state index is 0.0851. The van der Waals surface area contributed by atoms with Crippen molar-refractivity contribution < 1.29 is 4.79 Å². The summed E-state index contributed by atoms with van der Waals surface area (Å²) < 4.78 is 1.02. The standard InChI is InChI=1S/C14H18INO/c15-13-10-6-5-9-12(13)14(17)16-11-7-3-1-2-4-8-11/h5-6,9-11H,1-4,7-8H2,(H,16,17). The van der Waals surface area contributed by atoms with Crippen LogP contribution >= 0.6 is 22.6 Å². The van der Waals surface area contributed by atoms with Gasteiger partial charge in [0.1, 0.15) is 0 Å². The number of hydrogen-bond acceptors (Lipinski definition) is 1. The molecule has 1 amide bonds. The molecule has 17 heavy (non-hydrogen) atoms. The molecule has 0 heterocycles. The highest BCUT2D eigenvalue weighted by molar-refractivity contribution is 14.1. The van der Waals surface area contributed by atoms with E-state index in [2.05, 4.69) is 27.9 Å². The molecule has 0 atom stereocenters. The first-order valence-corrected chi connectivity index (χ1v) is 7.40. The Balaban J connectivity index is 1.98. The van der Waals surface area contributed by atoms with Crippen LogP contribution in [0.1, 0.15) is 48.9 Å². The molecule has 1 aliphatic rings. The molecule has 0 bridgehead atoms. The average molecular weight is 343 g/mol. The van der Waals surface area contributed by atoms with Crippen molar-refractivity contribution in [2.75, 3.05) is 0 Å². The molecular weight excluding hydrogens is 325 g/mol. The molecule has 1 N–H and O–H groups in total. The molecule has 3 heteroatoms. The molecule has 1 aromatic carbocycles. The van der Waals surface area contributed by atoms with E-state index < -0.39 is 0 Å². The first kappa shape index (κ1) is 12.9. The van der Waals surface area contributed by atoms with Crippen LogP contribution in [0.25, 0.3) is 0 Å². The molecule has 0 aromatic heterocycles. The molecule has 0 saturated heterocycles. The van der Waals surface area contributed by atoms with Crippen LogP contribution in [0.5, 0.6) is 0 Å². The van der Waals surface area contributed by atoms with Crippen molar-refractivity contribution in [1.29, 1.82) is 0 Å². The van der Waals surface area contributed by atoms with E-state index in [-0.39, 0.29) is 5.91 Å². The molecule has 92 valence electrons. The smallest absolute Gasteiger partial charge is 0.252 e. The second-order valence-electron chi connectivity index (χ2n) is 4.64. The van der Waals surface area contributed by atoms with Crippen LogP contribution in [0.4, 0.5) is 0 Å². The lowest BCUT2D eigenvalue weighted by Crippen LogP contribution is -2.34. The van der Waals surface area contributed by atoms with E-state index in [1.165, 1.54) is 25.7 Å². The van der Waals surface area contributed by atoms with Crippen LogP contribution in [0.3, 0.4) is 0 Å². The zero-order valence-electron chi connectivity index (χ0n) is 9.92. The van der Waals surface area contributed by atoms with Gasteiger partial charge in [0, 0.05) is 9.61 Å². The van der Waals surface area contributed by atoms with Gasteiger partial charge in [0.2, 0.25) is 0 Å². The van der Waals surface area contributed by atoms with Gasteiger partial charge in [-0.2, -0.15) is 0 Å². The quantitative estimate of drug-likeness (QED) is 0.643. The van der Waals surface area contributed by atoms with E-state index in [0.29, 0.717) is 6.04 Å². The van der Waals surface area contributed by atoms with Gasteiger partial charge in [0.25, 0.3) is 5.91 Å². The molecule has 1 aliphatic carbocycles. The van der Waals surface area contributed by atoms with Crippen molar-refractivity contribution in [3.8, 4) is 0 Å². The van der Waals surface area contributed by atoms with E-state index in [4.69, 9.17) is 0 Å². The summed E-state index contributed by atoms with van der Waals surface area (Å²) in [7, 11) is 0. The van der Waals surface area contributed by atoms with E-state index in [9.17, 15) is 4.79 Å². The molecule has 0 radical (unpaired) electrons. The number of carbonyl (C=O) groups is 1. The lowest BCUT2D eigenvalue weighted by atomic mass is 10.1. The Morgan fingerprint density at radius 2 is 1.76 bits per heavy atom. The van der Waals surface area contributed by atoms with Crippen LogP contribution < -0.4 is 5.32 Å². The Morgan fingerprint density at radius 3 is 2.41 bits per heavy atom. The van der Waals surface area contributed by atoms with Gasteiger partial charge in [-0.05, 0) is 47.6 Å². The molecule has 0 spiro atoms. The van der Waals surface area contributed by atoms with Gasteiger partial charge in [-0.25, -0.2) is 0 Å². The molecule has 2 rings (SSSR count). The summed E-state index contributed by atoms with van der Waals surface area (Å²) in [5, 5.41) is 3.17. The van der Waals surface area contributed by atoms with Crippen molar-refractivity contribution in [1.82, 2.24) is 5.32 Å². The highest BCUT2D eigenvalue weighted by atomic mass is 127. The molecule has 1 aromatic rings. The van der Waals surface area contributed by atoms with E-state index >= 15 is 0 Å². The van der Waals surface area contributed by atoms with Crippen molar-refractivity contribution in [2.24, 2.45) is 0 Å². The third-order valence-electron chi connectivity index (χ3n) is 3.31. The Labute approximate surface area is 116 Å². The molecule has 0 unspecified atom stereocenters. The average Bonchev–Trinajstić information content (AvgIpc) is 2.58. The first-order valence-electron chi connectivity index (χ1n) is 6.33. The van der Waals surface area contributed by atoms with Crippen molar-refractivity contribution in [2.45, 2.75) is 44.6 Å². The summed E-state index contributed by atoms with van der Waals surface area (Å²) in [6.07, 6.45) is 7.39. The van der Waals surface area contributed by atoms with Gasteiger partial charge in [-0.3, -0.25) is 4.79 Å². The number of carbonyl (C=O) groups excluding carboxylic acids is 1. The maximum Gasteiger partial charge on any atom is 0.252 e. The lowest BCUT2D eigenvalue weighted by molar-refractivity contribution is 0.0932. The Kier molecular flexibility index (Phi) is 4.83. The SMILES string of the molecule is O=C(NC1CCCCCC1)c1ccccc1I. The van der Waals surface area contributed by atoms with Gasteiger partial charge < -0.3 is 5.32 Å². The highest BCUT2D eigenvalue weighted by Crippen LogP contribution is 2.18. The second kappa shape index (κ2) is 6.38. The summed E-state index contributed by atoms with van der Waals surface area (Å²) in [5.41, 5.74) is 0.803. The lowest BCUT2D eigenvalue weighted by Gasteiger charge is -2.16. The summed E-state index contributed by atoms with van der Waals surface area (Å²) in [6, 6.07) is 8.13. The summed E-state index contributed by atoms with van der Waals surface area (Å²) in [6.45, 7) is 0. The van der Waals surface area contributed by atoms with Crippen LogP contribution in [-0.2, 0) is 0 Å². The van der Waals surface area contributed by atoms with Gasteiger partial charge >= 0.3 is 0 Å². The third kappa shape index (κ3) is 3.69. The molecular formula is C14H18INO. The van der Waals surface area contributed by atoms with E-state index in [0.717, 1.165) is 22.0 Å². The van der Waals surface area contributed by atoms with Crippen molar-refractivity contribution in [3.63, 3.8) is 0 Å². The fourth-order valence-electron chi connectivity index (χ4n) is 2.33. The summed E-state index contributed by atoms with van der Waals surface area (Å²) >= 11 is 2.22. The van der Waals surface area contributed by atoms with Crippen LogP contribution in [0.15, 0.2) is 24.3 Å². The molecule has 0 aliphatic heterocycles. The summed E-state index contributed by atoms with van der Waals surface area (Å²) in [4.78, 5) is 12.1. The predicted molar refractivity (Wildman–Crippen MR) is 78.1 cm³/mol. The summed E-state index contributed by atoms with van der Waals surface area (Å²) in [5.74, 6) is 0.0851. The second-order valence-corrected chi connectivity index (χ2v) is 5.80. The van der Waals surface area contributed by atoms with Gasteiger partial charge in [0.05, 0.1) is 5.56 Å². The number of rotatable bonds is 2. The first-order chi connectivity index (χ1) is 8.27. The highest BCUT2D eigenvalue weighted by Gasteiger charge is 2.16. The number of nitrogens with one attached hydrogen (secondary N) is 1. The minimum Gasteiger partial charge on any atom is -0.349 e. The monoisotopic (exact) mass is 343 g/mol. The zero-order chi connectivity index (χ0) is 12.1. The van der Waals surface area contributed by atoms with Crippen LogP contribution in [-0.4, -0.2) is 11.9 Å². The molecule has 1 saturated carbocycles. The Morgan fingerprint density at radius 1 is 1.12 bits per heavy atom. The van der Waals surface area contributed by atoms with E-state index in [1.54, 1.807) is 0 Å².